The highest BCUT2D eigenvalue weighted by atomic mass is 32.2. The van der Waals surface area contributed by atoms with Crippen LogP contribution in [0.2, 0.25) is 0 Å². The molecule has 0 radical (unpaired) electrons. The lowest BCUT2D eigenvalue weighted by molar-refractivity contribution is 0.603. The first-order valence-electron chi connectivity index (χ1n) is 6.11. The number of rotatable bonds is 4. The monoisotopic (exact) mass is 295 g/mol. The lowest BCUT2D eigenvalue weighted by atomic mass is 10.1. The second kappa shape index (κ2) is 5.35. The smallest absolute Gasteiger partial charge is 0.271 e. The normalized spacial score (nSPS) is 11.5. The van der Waals surface area contributed by atoms with Crippen molar-refractivity contribution in [2.45, 2.75) is 31.4 Å². The summed E-state index contributed by atoms with van der Waals surface area (Å²) in [7, 11) is -3.47. The number of nitrogens with one attached hydrogen (secondary N) is 1. The summed E-state index contributed by atoms with van der Waals surface area (Å²) < 4.78 is 27.5. The van der Waals surface area contributed by atoms with E-state index in [9.17, 15) is 8.42 Å². The van der Waals surface area contributed by atoms with Crippen LogP contribution >= 0.6 is 11.3 Å². The summed E-state index contributed by atoms with van der Waals surface area (Å²) >= 11 is 1.32. The maximum atomic E-state index is 12.3. The van der Waals surface area contributed by atoms with Gasteiger partial charge in [-0.05, 0) is 44.0 Å². The molecule has 0 atom stereocenters. The molecule has 0 aliphatic carbocycles. The minimum atomic E-state index is -3.47. The van der Waals surface area contributed by atoms with Gasteiger partial charge in [0, 0.05) is 4.88 Å². The molecule has 2 rings (SSSR count). The molecule has 0 amide bonds. The fourth-order valence-corrected chi connectivity index (χ4v) is 4.24. The van der Waals surface area contributed by atoms with Crippen molar-refractivity contribution in [1.29, 1.82) is 0 Å². The third-order valence-electron chi connectivity index (χ3n) is 2.88. The summed E-state index contributed by atoms with van der Waals surface area (Å²) in [5.41, 5.74) is 2.68. The number of benzene rings is 1. The average molecular weight is 295 g/mol. The number of sulfonamides is 1. The molecular formula is C14H17NO2S2. The van der Waals surface area contributed by atoms with Crippen molar-refractivity contribution in [2.24, 2.45) is 0 Å². The van der Waals surface area contributed by atoms with Crippen LogP contribution in [-0.2, 0) is 16.4 Å². The van der Waals surface area contributed by atoms with Gasteiger partial charge in [0.25, 0.3) is 10.0 Å². The van der Waals surface area contributed by atoms with E-state index in [1.807, 2.05) is 39.0 Å². The molecule has 5 heteroatoms. The molecule has 0 aliphatic rings. The lowest BCUT2D eigenvalue weighted by Gasteiger charge is -2.09. The summed E-state index contributed by atoms with van der Waals surface area (Å²) in [5, 5.41) is 0. The van der Waals surface area contributed by atoms with Gasteiger partial charge in [-0.25, -0.2) is 8.42 Å². The van der Waals surface area contributed by atoms with Gasteiger partial charge in [0.1, 0.15) is 4.21 Å². The first kappa shape index (κ1) is 14.1. The van der Waals surface area contributed by atoms with Gasteiger partial charge < -0.3 is 0 Å². The largest absolute Gasteiger partial charge is 0.279 e. The molecule has 3 nitrogen and oxygen atoms in total. The second-order valence-electron chi connectivity index (χ2n) is 4.50. The number of anilines is 1. The van der Waals surface area contributed by atoms with E-state index >= 15 is 0 Å². The maximum Gasteiger partial charge on any atom is 0.271 e. The fourth-order valence-electron chi connectivity index (χ4n) is 1.82. The van der Waals surface area contributed by atoms with E-state index in [1.54, 1.807) is 12.1 Å². The molecule has 0 fully saturated rings. The Morgan fingerprint density at radius 3 is 2.47 bits per heavy atom. The van der Waals surface area contributed by atoms with Gasteiger partial charge >= 0.3 is 0 Å². The first-order chi connectivity index (χ1) is 8.92. The van der Waals surface area contributed by atoms with Crippen molar-refractivity contribution < 1.29 is 8.42 Å². The van der Waals surface area contributed by atoms with Crippen LogP contribution in [0.4, 0.5) is 5.69 Å². The average Bonchev–Trinajstić information content (AvgIpc) is 2.82. The van der Waals surface area contributed by atoms with Gasteiger partial charge in [-0.3, -0.25) is 4.72 Å². The van der Waals surface area contributed by atoms with Crippen LogP contribution in [0.25, 0.3) is 0 Å². The predicted molar refractivity (Wildman–Crippen MR) is 80.4 cm³/mol. The summed E-state index contributed by atoms with van der Waals surface area (Å²) in [6.45, 7) is 5.90. The highest BCUT2D eigenvalue weighted by molar-refractivity contribution is 7.94. The van der Waals surface area contributed by atoms with Crippen molar-refractivity contribution in [3.8, 4) is 0 Å². The topological polar surface area (TPSA) is 46.2 Å². The summed E-state index contributed by atoms with van der Waals surface area (Å²) in [5.74, 6) is 0. The Bertz CT molecular complexity index is 687. The van der Waals surface area contributed by atoms with Crippen molar-refractivity contribution in [1.82, 2.24) is 0 Å². The molecule has 0 aliphatic heterocycles. The van der Waals surface area contributed by atoms with Crippen LogP contribution in [0.3, 0.4) is 0 Å². The molecule has 0 unspecified atom stereocenters. The predicted octanol–water partition coefficient (Wildman–Crippen LogP) is 3.73. The van der Waals surface area contributed by atoms with Crippen LogP contribution in [0.5, 0.6) is 0 Å². The second-order valence-corrected chi connectivity index (χ2v) is 7.58. The Kier molecular flexibility index (Phi) is 3.96. The number of aryl methyl sites for hydroxylation is 3. The van der Waals surface area contributed by atoms with Crippen LogP contribution in [0.15, 0.2) is 34.5 Å². The Labute approximate surface area is 118 Å². The molecular weight excluding hydrogens is 278 g/mol. The molecule has 2 aromatic rings. The highest BCUT2D eigenvalue weighted by Crippen LogP contribution is 2.25. The Morgan fingerprint density at radius 2 is 1.89 bits per heavy atom. The fraction of sp³-hybridized carbons (Fsp3) is 0.286. The zero-order valence-electron chi connectivity index (χ0n) is 11.2. The Balaban J connectivity index is 2.30. The maximum absolute atomic E-state index is 12.3. The van der Waals surface area contributed by atoms with Crippen LogP contribution in [-0.4, -0.2) is 8.42 Å². The zero-order valence-corrected chi connectivity index (χ0v) is 12.9. The quantitative estimate of drug-likeness (QED) is 0.934. The van der Waals surface area contributed by atoms with Gasteiger partial charge in [-0.2, -0.15) is 0 Å². The van der Waals surface area contributed by atoms with Gasteiger partial charge in [-0.15, -0.1) is 11.3 Å². The Morgan fingerprint density at radius 1 is 1.16 bits per heavy atom. The van der Waals surface area contributed by atoms with Crippen molar-refractivity contribution >= 4 is 27.0 Å². The van der Waals surface area contributed by atoms with Gasteiger partial charge in [0.15, 0.2) is 0 Å². The minimum absolute atomic E-state index is 0.365. The van der Waals surface area contributed by atoms with E-state index in [4.69, 9.17) is 0 Å². The van der Waals surface area contributed by atoms with Gasteiger partial charge in [0.05, 0.1) is 5.69 Å². The number of hydrogen-bond acceptors (Lipinski definition) is 3. The molecule has 1 aromatic heterocycles. The Hall–Kier alpha value is -1.33. The van der Waals surface area contributed by atoms with Crippen LogP contribution in [0, 0.1) is 13.8 Å². The zero-order chi connectivity index (χ0) is 14.0. The molecule has 0 saturated carbocycles. The highest BCUT2D eigenvalue weighted by Gasteiger charge is 2.17. The summed E-state index contributed by atoms with van der Waals surface area (Å²) in [4.78, 5) is 1.07. The van der Waals surface area contributed by atoms with Crippen molar-refractivity contribution in [3.05, 3.63) is 46.3 Å². The van der Waals surface area contributed by atoms with Gasteiger partial charge in [0.2, 0.25) is 0 Å². The van der Waals surface area contributed by atoms with Crippen molar-refractivity contribution in [2.75, 3.05) is 4.72 Å². The van der Waals surface area contributed by atoms with Crippen LogP contribution in [0.1, 0.15) is 22.9 Å². The van der Waals surface area contributed by atoms with E-state index in [2.05, 4.69) is 4.72 Å². The van der Waals surface area contributed by atoms with E-state index < -0.39 is 10.0 Å². The molecule has 0 bridgehead atoms. The van der Waals surface area contributed by atoms with E-state index in [0.29, 0.717) is 9.90 Å². The third-order valence-corrected chi connectivity index (χ3v) is 5.96. The summed E-state index contributed by atoms with van der Waals surface area (Å²) in [6, 6.07) is 9.19. The summed E-state index contributed by atoms with van der Waals surface area (Å²) in [6.07, 6.45) is 0.851. The molecule has 102 valence electrons. The molecule has 1 aromatic carbocycles. The minimum Gasteiger partial charge on any atom is -0.279 e. The molecule has 19 heavy (non-hydrogen) atoms. The van der Waals surface area contributed by atoms with Crippen LogP contribution < -0.4 is 4.72 Å². The third kappa shape index (κ3) is 3.16. The number of hydrogen-bond donors (Lipinski definition) is 1. The van der Waals surface area contributed by atoms with Gasteiger partial charge in [-0.1, -0.05) is 24.6 Å². The number of thiophene rings is 1. The van der Waals surface area contributed by atoms with Crippen molar-refractivity contribution in [3.63, 3.8) is 0 Å². The first-order valence-corrected chi connectivity index (χ1v) is 8.41. The molecule has 1 N–H and O–H groups in total. The van der Waals surface area contributed by atoms with E-state index in [1.165, 1.54) is 11.3 Å². The molecule has 1 heterocycles. The molecule has 0 saturated heterocycles. The molecule has 0 spiro atoms. The van der Waals surface area contributed by atoms with E-state index in [0.717, 1.165) is 22.4 Å². The standard InChI is InChI=1S/C14H17NO2S2/c1-4-12-6-8-14(18-12)19(16,17)15-13-7-5-10(2)9-11(13)3/h5-9,15H,4H2,1-3H3. The SMILES string of the molecule is CCc1ccc(S(=O)(=O)Nc2ccc(C)cc2C)s1. The van der Waals surface area contributed by atoms with E-state index in [-0.39, 0.29) is 0 Å². The lowest BCUT2D eigenvalue weighted by Crippen LogP contribution is -2.12.